The van der Waals surface area contributed by atoms with Gasteiger partial charge in [-0.1, -0.05) is 25.1 Å². The first-order chi connectivity index (χ1) is 10.3. The lowest BCUT2D eigenvalue weighted by atomic mass is 10.1. The molecule has 0 bridgehead atoms. The highest BCUT2D eigenvalue weighted by Crippen LogP contribution is 2.32. The molecule has 3 nitrogen and oxygen atoms in total. The molecule has 0 spiro atoms. The third-order valence-electron chi connectivity index (χ3n) is 3.84. The zero-order chi connectivity index (χ0) is 14.7. The van der Waals surface area contributed by atoms with Gasteiger partial charge in [-0.25, -0.2) is 9.97 Å². The maximum absolute atomic E-state index is 4.77. The van der Waals surface area contributed by atoms with Crippen molar-refractivity contribution in [2.24, 2.45) is 0 Å². The first kappa shape index (κ1) is 14.5. The van der Waals surface area contributed by atoms with Gasteiger partial charge in [0, 0.05) is 24.7 Å². The van der Waals surface area contributed by atoms with E-state index in [0.717, 1.165) is 42.1 Å². The molecule has 0 amide bonds. The smallest absolute Gasteiger partial charge is 0.137 e. The summed E-state index contributed by atoms with van der Waals surface area (Å²) in [7, 11) is 0. The Morgan fingerprint density at radius 2 is 2.05 bits per heavy atom. The highest BCUT2D eigenvalue weighted by atomic mass is 79.9. The van der Waals surface area contributed by atoms with Crippen LogP contribution in [0.25, 0.3) is 0 Å². The van der Waals surface area contributed by atoms with Gasteiger partial charge in [0.1, 0.15) is 16.2 Å². The van der Waals surface area contributed by atoms with Gasteiger partial charge in [0.2, 0.25) is 0 Å². The van der Waals surface area contributed by atoms with E-state index in [1.807, 2.05) is 6.07 Å². The summed E-state index contributed by atoms with van der Waals surface area (Å²) in [6.07, 6.45) is 5.57. The molecule has 0 fully saturated rings. The van der Waals surface area contributed by atoms with Gasteiger partial charge < -0.3 is 4.90 Å². The first-order valence-corrected chi connectivity index (χ1v) is 8.46. The standard InChI is InChI=1S/C17H20BrN3/c1-2-7-16-19-15(18)12-17(20-16)21-11-6-5-9-13-8-3-4-10-14(13)21/h3-4,8,10,12H,2,5-7,9,11H2,1H3. The van der Waals surface area contributed by atoms with Crippen LogP contribution in [0, 0.1) is 0 Å². The van der Waals surface area contributed by atoms with Crippen molar-refractivity contribution in [2.75, 3.05) is 11.4 Å². The summed E-state index contributed by atoms with van der Waals surface area (Å²) < 4.78 is 0.873. The number of aromatic nitrogens is 2. The minimum Gasteiger partial charge on any atom is -0.326 e. The average Bonchev–Trinajstić information content (AvgIpc) is 2.69. The summed E-state index contributed by atoms with van der Waals surface area (Å²) in [6.45, 7) is 3.18. The number of hydrogen-bond acceptors (Lipinski definition) is 3. The Kier molecular flexibility index (Phi) is 4.54. The Bertz CT molecular complexity index is 627. The van der Waals surface area contributed by atoms with Gasteiger partial charge in [-0.3, -0.25) is 0 Å². The highest BCUT2D eigenvalue weighted by Gasteiger charge is 2.18. The summed E-state index contributed by atoms with van der Waals surface area (Å²) in [4.78, 5) is 11.6. The first-order valence-electron chi connectivity index (χ1n) is 7.67. The maximum Gasteiger partial charge on any atom is 0.137 e. The van der Waals surface area contributed by atoms with Gasteiger partial charge in [0.15, 0.2) is 0 Å². The van der Waals surface area contributed by atoms with Crippen LogP contribution in [-0.4, -0.2) is 16.5 Å². The van der Waals surface area contributed by atoms with Gasteiger partial charge in [-0.15, -0.1) is 0 Å². The Morgan fingerprint density at radius 1 is 1.19 bits per heavy atom. The largest absolute Gasteiger partial charge is 0.326 e. The number of fused-ring (bicyclic) bond motifs is 1. The highest BCUT2D eigenvalue weighted by molar-refractivity contribution is 9.10. The summed E-state index contributed by atoms with van der Waals surface area (Å²) in [5.41, 5.74) is 2.71. The number of benzene rings is 1. The van der Waals surface area contributed by atoms with E-state index in [-0.39, 0.29) is 0 Å². The molecule has 1 aliphatic rings. The Balaban J connectivity index is 2.03. The van der Waals surface area contributed by atoms with Crippen LogP contribution < -0.4 is 4.90 Å². The summed E-state index contributed by atoms with van der Waals surface area (Å²) in [5, 5.41) is 0. The molecule has 0 atom stereocenters. The van der Waals surface area contributed by atoms with Crippen LogP contribution in [0.1, 0.15) is 37.6 Å². The molecular formula is C17H20BrN3. The van der Waals surface area contributed by atoms with Crippen molar-refractivity contribution >= 4 is 27.4 Å². The van der Waals surface area contributed by atoms with Crippen molar-refractivity contribution in [1.82, 2.24) is 9.97 Å². The number of rotatable bonds is 3. The van der Waals surface area contributed by atoms with Crippen LogP contribution in [0.3, 0.4) is 0 Å². The van der Waals surface area contributed by atoms with Crippen molar-refractivity contribution in [2.45, 2.75) is 39.0 Å². The summed E-state index contributed by atoms with van der Waals surface area (Å²) >= 11 is 3.53. The van der Waals surface area contributed by atoms with Crippen LogP contribution in [0.2, 0.25) is 0 Å². The number of aryl methyl sites for hydroxylation is 2. The van der Waals surface area contributed by atoms with Gasteiger partial charge in [0.05, 0.1) is 0 Å². The van der Waals surface area contributed by atoms with E-state index in [9.17, 15) is 0 Å². The lowest BCUT2D eigenvalue weighted by molar-refractivity contribution is 0.751. The molecule has 21 heavy (non-hydrogen) atoms. The van der Waals surface area contributed by atoms with Crippen molar-refractivity contribution < 1.29 is 0 Å². The number of halogens is 1. The number of para-hydroxylation sites is 1. The zero-order valence-corrected chi connectivity index (χ0v) is 13.9. The molecule has 0 unspecified atom stereocenters. The van der Waals surface area contributed by atoms with E-state index in [1.165, 1.54) is 24.1 Å². The third-order valence-corrected chi connectivity index (χ3v) is 4.24. The lowest BCUT2D eigenvalue weighted by Crippen LogP contribution is -2.20. The Labute approximate surface area is 134 Å². The van der Waals surface area contributed by atoms with Gasteiger partial charge in [-0.05, 0) is 53.2 Å². The monoisotopic (exact) mass is 345 g/mol. The predicted octanol–water partition coefficient (Wildman–Crippen LogP) is 4.67. The fraction of sp³-hybridized carbons (Fsp3) is 0.412. The van der Waals surface area contributed by atoms with Crippen LogP contribution in [-0.2, 0) is 12.8 Å². The van der Waals surface area contributed by atoms with Crippen molar-refractivity contribution in [3.8, 4) is 0 Å². The average molecular weight is 346 g/mol. The lowest BCUT2D eigenvalue weighted by Gasteiger charge is -2.24. The number of anilines is 2. The third kappa shape index (κ3) is 3.26. The minimum atomic E-state index is 0.873. The van der Waals surface area contributed by atoms with E-state index < -0.39 is 0 Å². The molecule has 4 heteroatoms. The fourth-order valence-corrected chi connectivity index (χ4v) is 3.26. The molecule has 3 rings (SSSR count). The molecule has 1 aromatic heterocycles. The second-order valence-corrected chi connectivity index (χ2v) is 6.27. The second kappa shape index (κ2) is 6.56. The minimum absolute atomic E-state index is 0.873. The predicted molar refractivity (Wildman–Crippen MR) is 90.1 cm³/mol. The fourth-order valence-electron chi connectivity index (χ4n) is 2.85. The molecule has 0 saturated carbocycles. The van der Waals surface area contributed by atoms with E-state index >= 15 is 0 Å². The Hall–Kier alpha value is -1.42. The van der Waals surface area contributed by atoms with Crippen LogP contribution in [0.15, 0.2) is 34.9 Å². The van der Waals surface area contributed by atoms with Crippen LogP contribution >= 0.6 is 15.9 Å². The zero-order valence-electron chi connectivity index (χ0n) is 12.3. The molecule has 0 radical (unpaired) electrons. The topological polar surface area (TPSA) is 29.0 Å². The number of nitrogens with zero attached hydrogens (tertiary/aromatic N) is 3. The van der Waals surface area contributed by atoms with Crippen molar-refractivity contribution in [3.63, 3.8) is 0 Å². The van der Waals surface area contributed by atoms with Gasteiger partial charge in [0.25, 0.3) is 0 Å². The van der Waals surface area contributed by atoms with E-state index in [2.05, 4.69) is 57.0 Å². The molecule has 0 aliphatic carbocycles. The SMILES string of the molecule is CCCc1nc(Br)cc(N2CCCCc3ccccc32)n1. The second-order valence-electron chi connectivity index (χ2n) is 5.45. The van der Waals surface area contributed by atoms with Crippen molar-refractivity contribution in [3.05, 3.63) is 46.3 Å². The van der Waals surface area contributed by atoms with Gasteiger partial charge in [-0.2, -0.15) is 0 Å². The number of hydrogen-bond donors (Lipinski definition) is 0. The molecule has 2 aromatic rings. The van der Waals surface area contributed by atoms with E-state index in [0.29, 0.717) is 0 Å². The van der Waals surface area contributed by atoms with Crippen LogP contribution in [0.4, 0.5) is 11.5 Å². The summed E-state index contributed by atoms with van der Waals surface area (Å²) in [6, 6.07) is 10.7. The Morgan fingerprint density at radius 3 is 2.90 bits per heavy atom. The molecule has 1 aromatic carbocycles. The van der Waals surface area contributed by atoms with E-state index in [4.69, 9.17) is 4.98 Å². The quantitative estimate of drug-likeness (QED) is 0.757. The van der Waals surface area contributed by atoms with Gasteiger partial charge >= 0.3 is 0 Å². The molecule has 0 N–H and O–H groups in total. The summed E-state index contributed by atoms with van der Waals surface area (Å²) in [5.74, 6) is 1.93. The molecule has 0 saturated heterocycles. The molecule has 2 heterocycles. The van der Waals surface area contributed by atoms with Crippen LogP contribution in [0.5, 0.6) is 0 Å². The van der Waals surface area contributed by atoms with Crippen molar-refractivity contribution in [1.29, 1.82) is 0 Å². The van der Waals surface area contributed by atoms with E-state index in [1.54, 1.807) is 0 Å². The molecular weight excluding hydrogens is 326 g/mol. The molecule has 1 aliphatic heterocycles. The normalized spacial score (nSPS) is 14.7. The molecule has 110 valence electrons. The maximum atomic E-state index is 4.77.